The molecular formula is C30H29N9O. The van der Waals surface area contributed by atoms with Gasteiger partial charge >= 0.3 is 0 Å². The molecule has 2 bridgehead atoms. The number of piperazine rings is 1. The Labute approximate surface area is 231 Å². The number of hydrogen-bond acceptors (Lipinski definition) is 8. The molecule has 9 rings (SSSR count). The third kappa shape index (κ3) is 3.81. The van der Waals surface area contributed by atoms with Crippen LogP contribution in [0, 0.1) is 11.3 Å². The van der Waals surface area contributed by atoms with Gasteiger partial charge in [0.25, 0.3) is 0 Å². The number of aliphatic hydroxyl groups excluding tert-OH is 1. The van der Waals surface area contributed by atoms with Crippen LogP contribution >= 0.6 is 0 Å². The zero-order valence-corrected chi connectivity index (χ0v) is 22.0. The number of nitriles is 1. The molecule has 0 amide bonds. The minimum atomic E-state index is -0.321. The molecule has 5 aromatic rings. The Kier molecular flexibility index (Phi) is 5.30. The summed E-state index contributed by atoms with van der Waals surface area (Å²) in [6.07, 6.45) is 11.0. The first kappa shape index (κ1) is 23.4. The summed E-state index contributed by atoms with van der Waals surface area (Å²) in [6.45, 7) is 4.24. The number of nitrogens with one attached hydrogen (secondary N) is 1. The summed E-state index contributed by atoms with van der Waals surface area (Å²) >= 11 is 0. The molecule has 0 saturated carbocycles. The molecular weight excluding hydrogens is 502 g/mol. The smallest absolute Gasteiger partial charge is 0.137 e. The molecule has 2 N–H and O–H groups in total. The molecule has 4 aliphatic heterocycles. The summed E-state index contributed by atoms with van der Waals surface area (Å²) in [4.78, 5) is 19.8. The zero-order valence-electron chi connectivity index (χ0n) is 22.0. The summed E-state index contributed by atoms with van der Waals surface area (Å²) in [5.74, 6) is 0.984. The van der Waals surface area contributed by atoms with Crippen molar-refractivity contribution in [3.8, 4) is 17.2 Å². The fourth-order valence-electron chi connectivity index (χ4n) is 6.71. The molecule has 40 heavy (non-hydrogen) atoms. The molecule has 3 atom stereocenters. The number of nitrogens with zero attached hydrogens (tertiary/aromatic N) is 8. The van der Waals surface area contributed by atoms with Gasteiger partial charge < -0.3 is 19.9 Å². The minimum absolute atomic E-state index is 0.321. The van der Waals surface area contributed by atoms with Gasteiger partial charge in [-0.3, -0.25) is 4.90 Å². The van der Waals surface area contributed by atoms with Crippen LogP contribution in [0.25, 0.3) is 27.7 Å². The number of hydrogen-bond donors (Lipinski definition) is 2. The number of β-amino-alcohol motifs (C(OH)–C–C–N with tert-alkyl or cyclic N) is 1. The number of aromatic amines is 1. The lowest BCUT2D eigenvalue weighted by atomic mass is 9.87. The summed E-state index contributed by atoms with van der Waals surface area (Å²) < 4.78 is 1.78. The quantitative estimate of drug-likeness (QED) is 0.356. The fraction of sp³-hybridized carbons (Fsp3) is 0.333. The largest absolute Gasteiger partial charge is 0.391 e. The van der Waals surface area contributed by atoms with Crippen molar-refractivity contribution < 1.29 is 5.11 Å². The van der Waals surface area contributed by atoms with Crippen molar-refractivity contribution in [3.63, 3.8) is 0 Å². The summed E-state index contributed by atoms with van der Waals surface area (Å²) in [5.41, 5.74) is 6.37. The van der Waals surface area contributed by atoms with Crippen LogP contribution in [0.15, 0.2) is 61.3 Å². The molecule has 9 heterocycles. The third-order valence-electron chi connectivity index (χ3n) is 8.80. The number of rotatable bonds is 5. The van der Waals surface area contributed by atoms with Crippen molar-refractivity contribution in [3.05, 3.63) is 72.4 Å². The van der Waals surface area contributed by atoms with Crippen molar-refractivity contribution in [2.45, 2.75) is 37.6 Å². The summed E-state index contributed by atoms with van der Waals surface area (Å²) in [7, 11) is 0. The van der Waals surface area contributed by atoms with E-state index in [0.29, 0.717) is 24.2 Å². The van der Waals surface area contributed by atoms with Crippen LogP contribution in [0.4, 0.5) is 11.5 Å². The molecule has 0 aliphatic carbocycles. The van der Waals surface area contributed by atoms with E-state index in [1.807, 2.05) is 24.8 Å². The van der Waals surface area contributed by atoms with Crippen LogP contribution in [0.1, 0.15) is 24.0 Å². The van der Waals surface area contributed by atoms with Gasteiger partial charge in [-0.15, -0.1) is 0 Å². The van der Waals surface area contributed by atoms with Gasteiger partial charge in [-0.1, -0.05) is 0 Å². The average molecular weight is 532 g/mol. The van der Waals surface area contributed by atoms with Gasteiger partial charge in [-0.25, -0.2) is 14.5 Å². The standard InChI is InChI=1S/C30H29N9O/c31-10-22-13-35-39-17-23(36-6-4-26(40)18-36)9-27(29(22)39)21-1-2-28(33-12-21)37-15-24-8-25(16-37)38(24)14-19-7-20-3-5-32-30(20)34-11-19/h1-3,5,7,9,11-13,17,24-26,40H,4,6,8,14-16,18H2,(H,32,34). The molecule has 0 spiro atoms. The second-order valence-electron chi connectivity index (χ2n) is 11.2. The van der Waals surface area contributed by atoms with Crippen molar-refractivity contribution in [1.82, 2.24) is 29.5 Å². The summed E-state index contributed by atoms with van der Waals surface area (Å²) in [5, 5.41) is 25.4. The van der Waals surface area contributed by atoms with Gasteiger partial charge in [0.1, 0.15) is 17.5 Å². The fourth-order valence-corrected chi connectivity index (χ4v) is 6.71. The number of aliphatic hydroxyl groups is 1. The highest BCUT2D eigenvalue weighted by Crippen LogP contribution is 2.37. The van der Waals surface area contributed by atoms with E-state index in [0.717, 1.165) is 71.8 Å². The molecule has 200 valence electrons. The number of aromatic nitrogens is 5. The first-order valence-electron chi connectivity index (χ1n) is 13.9. The molecule has 3 unspecified atom stereocenters. The number of fused-ring (bicyclic) bond motifs is 4. The van der Waals surface area contributed by atoms with Crippen LogP contribution < -0.4 is 9.80 Å². The number of pyridine rings is 3. The number of H-pyrrole nitrogens is 1. The molecule has 10 heteroatoms. The topological polar surface area (TPSA) is 113 Å². The van der Waals surface area contributed by atoms with Gasteiger partial charge in [-0.05, 0) is 48.7 Å². The highest BCUT2D eigenvalue weighted by molar-refractivity contribution is 5.86. The van der Waals surface area contributed by atoms with Crippen LogP contribution in [-0.4, -0.2) is 78.9 Å². The molecule has 10 nitrogen and oxygen atoms in total. The SMILES string of the molecule is N#Cc1cnn2cc(N3CCC(O)C3)cc(-c3ccc(N4CC5CC(C4)N5Cc4cnc5[nH]ccc5c4)nc3)c12. The van der Waals surface area contributed by atoms with Crippen molar-refractivity contribution >= 4 is 28.1 Å². The molecule has 4 saturated heterocycles. The monoisotopic (exact) mass is 531 g/mol. The van der Waals surface area contributed by atoms with E-state index in [4.69, 9.17) is 4.98 Å². The van der Waals surface area contributed by atoms with E-state index < -0.39 is 0 Å². The van der Waals surface area contributed by atoms with Crippen LogP contribution in [0.3, 0.4) is 0 Å². The Hall–Kier alpha value is -4.46. The molecule has 4 aliphatic rings. The molecule has 0 aromatic carbocycles. The number of piperidine rings is 1. The Balaban J connectivity index is 1.03. The van der Waals surface area contributed by atoms with Crippen LogP contribution in [-0.2, 0) is 6.54 Å². The Morgan fingerprint density at radius 1 is 1.02 bits per heavy atom. The van der Waals surface area contributed by atoms with Crippen LogP contribution in [0.5, 0.6) is 0 Å². The average Bonchev–Trinajstić information content (AvgIpc) is 3.75. The number of anilines is 2. The van der Waals surface area contributed by atoms with Crippen molar-refractivity contribution in [2.24, 2.45) is 0 Å². The lowest BCUT2D eigenvalue weighted by Crippen LogP contribution is -2.68. The van der Waals surface area contributed by atoms with Gasteiger partial charge in [0.15, 0.2) is 0 Å². The maximum absolute atomic E-state index is 10.1. The maximum Gasteiger partial charge on any atom is 0.137 e. The third-order valence-corrected chi connectivity index (χ3v) is 8.80. The lowest BCUT2D eigenvalue weighted by molar-refractivity contribution is -0.00871. The molecule has 4 fully saturated rings. The van der Waals surface area contributed by atoms with Crippen molar-refractivity contribution in [1.29, 1.82) is 5.26 Å². The van der Waals surface area contributed by atoms with E-state index in [1.165, 1.54) is 12.0 Å². The van der Waals surface area contributed by atoms with E-state index >= 15 is 0 Å². The zero-order chi connectivity index (χ0) is 26.8. The van der Waals surface area contributed by atoms with Gasteiger partial charge in [-0.2, -0.15) is 10.4 Å². The van der Waals surface area contributed by atoms with E-state index in [9.17, 15) is 10.4 Å². The molecule has 0 radical (unpaired) electrons. The first-order chi connectivity index (χ1) is 19.6. The van der Waals surface area contributed by atoms with Gasteiger partial charge in [0.05, 0.1) is 35.3 Å². The van der Waals surface area contributed by atoms with E-state index in [1.54, 1.807) is 10.7 Å². The van der Waals surface area contributed by atoms with Crippen molar-refractivity contribution in [2.75, 3.05) is 36.0 Å². The predicted molar refractivity (Wildman–Crippen MR) is 152 cm³/mol. The maximum atomic E-state index is 10.1. The minimum Gasteiger partial charge on any atom is -0.391 e. The first-order valence-corrected chi connectivity index (χ1v) is 13.9. The highest BCUT2D eigenvalue weighted by atomic mass is 16.3. The van der Waals surface area contributed by atoms with E-state index in [2.05, 4.69) is 66.2 Å². The highest BCUT2D eigenvalue weighted by Gasteiger charge is 2.44. The second kappa shape index (κ2) is 9.05. The van der Waals surface area contributed by atoms with Gasteiger partial charge in [0.2, 0.25) is 0 Å². The predicted octanol–water partition coefficient (Wildman–Crippen LogP) is 3.18. The van der Waals surface area contributed by atoms with E-state index in [-0.39, 0.29) is 6.10 Å². The molecule has 5 aromatic heterocycles. The lowest BCUT2D eigenvalue weighted by Gasteiger charge is -2.56. The second-order valence-corrected chi connectivity index (χ2v) is 11.2. The Morgan fingerprint density at radius 2 is 1.93 bits per heavy atom. The summed E-state index contributed by atoms with van der Waals surface area (Å²) in [6, 6.07) is 13.9. The van der Waals surface area contributed by atoms with Gasteiger partial charge in [0, 0.05) is 79.9 Å². The Morgan fingerprint density at radius 3 is 2.70 bits per heavy atom. The Bertz CT molecular complexity index is 1760. The normalized spacial score (nSPS) is 22.6. The van der Waals surface area contributed by atoms with Crippen LogP contribution in [0.2, 0.25) is 0 Å².